The molecule has 0 aliphatic rings. The molecule has 128 valence electrons. The summed E-state index contributed by atoms with van der Waals surface area (Å²) in [6.45, 7) is 2.55. The molecule has 5 nitrogen and oxygen atoms in total. The second-order valence-corrected chi connectivity index (χ2v) is 8.74. The molecule has 0 aliphatic carbocycles. The van der Waals surface area contributed by atoms with Crippen molar-refractivity contribution in [2.75, 3.05) is 12.9 Å². The first-order valence-electron chi connectivity index (χ1n) is 7.81. The van der Waals surface area contributed by atoms with Crippen LogP contribution >= 0.6 is 11.3 Å². The Balaban J connectivity index is 1.87. The van der Waals surface area contributed by atoms with Gasteiger partial charge in [-0.3, -0.25) is 4.40 Å². The molecule has 0 atom stereocenters. The van der Waals surface area contributed by atoms with Gasteiger partial charge in [-0.2, -0.15) is 0 Å². The predicted octanol–water partition coefficient (Wildman–Crippen LogP) is 4.02. The molecule has 7 heteroatoms. The number of hydrogen-bond donors (Lipinski definition) is 0. The largest absolute Gasteiger partial charge is 0.493 e. The standard InChI is InChI=1S/C18H16N2O3S2/c1-3-23-16-7-5-4-6-13(16)14-11-20-15-9-8-12(25(2,21)22)10-17(15)24-18(20)19-14/h4-11H,3H2,1-2H3. The van der Waals surface area contributed by atoms with Crippen molar-refractivity contribution in [2.45, 2.75) is 11.8 Å². The lowest BCUT2D eigenvalue weighted by Crippen LogP contribution is -1.96. The molecule has 4 aromatic rings. The Morgan fingerprint density at radius 2 is 2.00 bits per heavy atom. The molecule has 0 saturated carbocycles. The molecule has 0 unspecified atom stereocenters. The second-order valence-electron chi connectivity index (χ2n) is 5.71. The Kier molecular flexibility index (Phi) is 3.77. The van der Waals surface area contributed by atoms with Gasteiger partial charge in [-0.15, -0.1) is 0 Å². The molecule has 2 aromatic heterocycles. The van der Waals surface area contributed by atoms with E-state index in [1.165, 1.54) is 17.6 Å². The number of hydrogen-bond acceptors (Lipinski definition) is 5. The van der Waals surface area contributed by atoms with Gasteiger partial charge < -0.3 is 4.74 Å². The van der Waals surface area contributed by atoms with Crippen LogP contribution in [0.3, 0.4) is 0 Å². The first kappa shape index (κ1) is 16.1. The van der Waals surface area contributed by atoms with Gasteiger partial charge in [0.2, 0.25) is 0 Å². The topological polar surface area (TPSA) is 60.7 Å². The molecule has 0 fully saturated rings. The van der Waals surface area contributed by atoms with Gasteiger partial charge in [0.15, 0.2) is 14.8 Å². The predicted molar refractivity (Wildman–Crippen MR) is 100 cm³/mol. The summed E-state index contributed by atoms with van der Waals surface area (Å²) in [6.07, 6.45) is 3.18. The van der Waals surface area contributed by atoms with Crippen molar-refractivity contribution in [3.8, 4) is 17.0 Å². The van der Waals surface area contributed by atoms with Crippen molar-refractivity contribution in [1.29, 1.82) is 0 Å². The van der Waals surface area contributed by atoms with Gasteiger partial charge in [0.1, 0.15) is 5.75 Å². The highest BCUT2D eigenvalue weighted by Gasteiger charge is 2.15. The third-order valence-electron chi connectivity index (χ3n) is 3.96. The molecule has 0 bridgehead atoms. The number of imidazole rings is 1. The third kappa shape index (κ3) is 2.79. The van der Waals surface area contributed by atoms with E-state index < -0.39 is 9.84 Å². The van der Waals surface area contributed by atoms with Gasteiger partial charge in [-0.1, -0.05) is 23.5 Å². The molecule has 0 N–H and O–H groups in total. The van der Waals surface area contributed by atoms with Crippen LogP contribution in [0.4, 0.5) is 0 Å². The van der Waals surface area contributed by atoms with Crippen LogP contribution in [0.1, 0.15) is 6.92 Å². The van der Waals surface area contributed by atoms with E-state index in [-0.39, 0.29) is 0 Å². The fourth-order valence-electron chi connectivity index (χ4n) is 2.80. The summed E-state index contributed by atoms with van der Waals surface area (Å²) in [5.74, 6) is 0.805. The maximum Gasteiger partial charge on any atom is 0.195 e. The van der Waals surface area contributed by atoms with E-state index in [9.17, 15) is 8.42 Å². The van der Waals surface area contributed by atoms with E-state index in [1.54, 1.807) is 12.1 Å². The Bertz CT molecular complexity index is 1190. The number of thiazole rings is 1. The molecule has 0 spiro atoms. The van der Waals surface area contributed by atoms with Gasteiger partial charge >= 0.3 is 0 Å². The van der Waals surface area contributed by atoms with Crippen LogP contribution in [-0.4, -0.2) is 30.7 Å². The first-order valence-corrected chi connectivity index (χ1v) is 10.5. The van der Waals surface area contributed by atoms with E-state index in [1.807, 2.05) is 47.9 Å². The van der Waals surface area contributed by atoms with Crippen LogP contribution in [0, 0.1) is 0 Å². The molecular weight excluding hydrogens is 356 g/mol. The van der Waals surface area contributed by atoms with E-state index in [0.29, 0.717) is 11.5 Å². The molecule has 0 saturated heterocycles. The number of nitrogens with zero attached hydrogens (tertiary/aromatic N) is 2. The third-order valence-corrected chi connectivity index (χ3v) is 6.08. The summed E-state index contributed by atoms with van der Waals surface area (Å²) >= 11 is 1.47. The van der Waals surface area contributed by atoms with Crippen molar-refractivity contribution >= 4 is 36.4 Å². The Morgan fingerprint density at radius 3 is 2.76 bits per heavy atom. The molecular formula is C18H16N2O3S2. The molecule has 2 aromatic carbocycles. The quantitative estimate of drug-likeness (QED) is 0.543. The minimum atomic E-state index is -3.22. The zero-order valence-corrected chi connectivity index (χ0v) is 15.4. The maximum absolute atomic E-state index is 11.7. The van der Waals surface area contributed by atoms with E-state index in [4.69, 9.17) is 9.72 Å². The van der Waals surface area contributed by atoms with Crippen molar-refractivity contribution < 1.29 is 13.2 Å². The van der Waals surface area contributed by atoms with Crippen molar-refractivity contribution in [3.05, 3.63) is 48.7 Å². The normalized spacial score (nSPS) is 12.1. The minimum Gasteiger partial charge on any atom is -0.493 e. The van der Waals surface area contributed by atoms with Crippen LogP contribution in [-0.2, 0) is 9.84 Å². The van der Waals surface area contributed by atoms with E-state index in [0.717, 1.165) is 32.2 Å². The average molecular weight is 372 g/mol. The smallest absolute Gasteiger partial charge is 0.195 e. The summed E-state index contributed by atoms with van der Waals surface area (Å²) in [7, 11) is -3.22. The fourth-order valence-corrected chi connectivity index (χ4v) is 4.57. The van der Waals surface area contributed by atoms with Crippen molar-refractivity contribution in [3.63, 3.8) is 0 Å². The van der Waals surface area contributed by atoms with E-state index >= 15 is 0 Å². The Labute approximate surface area is 149 Å². The lowest BCUT2D eigenvalue weighted by Gasteiger charge is -2.07. The molecule has 25 heavy (non-hydrogen) atoms. The summed E-state index contributed by atoms with van der Waals surface area (Å²) in [4.78, 5) is 5.85. The number of fused-ring (bicyclic) bond motifs is 3. The summed E-state index contributed by atoms with van der Waals surface area (Å²) < 4.78 is 32.1. The van der Waals surface area contributed by atoms with Crippen LogP contribution in [0.2, 0.25) is 0 Å². The van der Waals surface area contributed by atoms with Gasteiger partial charge in [0.25, 0.3) is 0 Å². The SMILES string of the molecule is CCOc1ccccc1-c1cn2c(n1)sc1cc(S(C)(=O)=O)ccc12. The van der Waals surface area contributed by atoms with Crippen LogP contribution in [0.5, 0.6) is 5.75 Å². The van der Waals surface area contributed by atoms with Gasteiger partial charge in [0, 0.05) is 18.0 Å². The number of benzene rings is 2. The fraction of sp³-hybridized carbons (Fsp3) is 0.167. The maximum atomic E-state index is 11.7. The van der Waals surface area contributed by atoms with Gasteiger partial charge in [-0.25, -0.2) is 13.4 Å². The number of rotatable bonds is 4. The highest BCUT2D eigenvalue weighted by Crippen LogP contribution is 2.34. The summed E-state index contributed by atoms with van der Waals surface area (Å²) in [5.41, 5.74) is 2.73. The van der Waals surface area contributed by atoms with Crippen LogP contribution in [0.25, 0.3) is 26.4 Å². The lowest BCUT2D eigenvalue weighted by atomic mass is 10.1. The van der Waals surface area contributed by atoms with Crippen molar-refractivity contribution in [2.24, 2.45) is 0 Å². The zero-order chi connectivity index (χ0) is 17.6. The molecule has 2 heterocycles. The summed E-state index contributed by atoms with van der Waals surface area (Å²) in [6, 6.07) is 13.0. The van der Waals surface area contributed by atoms with Crippen molar-refractivity contribution in [1.82, 2.24) is 9.38 Å². The van der Waals surface area contributed by atoms with Gasteiger partial charge in [-0.05, 0) is 37.3 Å². The highest BCUT2D eigenvalue weighted by atomic mass is 32.2. The molecule has 0 radical (unpaired) electrons. The van der Waals surface area contributed by atoms with Crippen LogP contribution < -0.4 is 4.74 Å². The monoisotopic (exact) mass is 372 g/mol. The Hall–Kier alpha value is -2.38. The first-order chi connectivity index (χ1) is 12.0. The number of sulfone groups is 1. The average Bonchev–Trinajstić information content (AvgIpc) is 3.12. The molecule has 0 aliphatic heterocycles. The molecule has 0 amide bonds. The number of para-hydroxylation sites is 1. The number of ether oxygens (including phenoxy) is 1. The Morgan fingerprint density at radius 1 is 1.20 bits per heavy atom. The molecule has 4 rings (SSSR count). The summed E-state index contributed by atoms with van der Waals surface area (Å²) in [5, 5.41) is 0. The minimum absolute atomic E-state index is 0.325. The lowest BCUT2D eigenvalue weighted by molar-refractivity contribution is 0.341. The van der Waals surface area contributed by atoms with Gasteiger partial charge in [0.05, 0.1) is 27.4 Å². The van der Waals surface area contributed by atoms with E-state index in [2.05, 4.69) is 0 Å². The second kappa shape index (κ2) is 5.86. The number of aromatic nitrogens is 2. The highest BCUT2D eigenvalue weighted by molar-refractivity contribution is 7.90. The zero-order valence-electron chi connectivity index (χ0n) is 13.8. The van der Waals surface area contributed by atoms with Crippen LogP contribution in [0.15, 0.2) is 53.6 Å².